The average molecular weight is 320 g/mol. The monoisotopic (exact) mass is 320 g/mol. The largest absolute Gasteiger partial charge is 0.489 e. The molecule has 0 saturated carbocycles. The van der Waals surface area contributed by atoms with Crippen molar-refractivity contribution in [2.24, 2.45) is 0 Å². The summed E-state index contributed by atoms with van der Waals surface area (Å²) < 4.78 is 5.61. The molecule has 0 aliphatic rings. The highest BCUT2D eigenvalue weighted by atomic mass is 32.1. The highest BCUT2D eigenvalue weighted by molar-refractivity contribution is 7.12. The van der Waals surface area contributed by atoms with Crippen molar-refractivity contribution in [1.82, 2.24) is 4.98 Å². The molecular weight excluding hydrogens is 304 g/mol. The van der Waals surface area contributed by atoms with Gasteiger partial charge in [0.2, 0.25) is 0 Å². The van der Waals surface area contributed by atoms with Gasteiger partial charge in [-0.1, -0.05) is 0 Å². The van der Waals surface area contributed by atoms with E-state index in [1.807, 2.05) is 13.8 Å². The zero-order valence-electron chi connectivity index (χ0n) is 12.4. The maximum atomic E-state index is 12.3. The second-order valence-corrected chi connectivity index (χ2v) is 5.76. The molecule has 0 fully saturated rings. The van der Waals surface area contributed by atoms with Crippen LogP contribution in [0.25, 0.3) is 0 Å². The minimum absolute atomic E-state index is 0.0763. The van der Waals surface area contributed by atoms with Crippen LogP contribution in [0.3, 0.4) is 0 Å². The Morgan fingerprint density at radius 1 is 1.36 bits per heavy atom. The third-order valence-electron chi connectivity index (χ3n) is 2.79. The maximum Gasteiger partial charge on any atom is 0.335 e. The summed E-state index contributed by atoms with van der Waals surface area (Å²) in [6.45, 7) is 5.44. The van der Waals surface area contributed by atoms with E-state index < -0.39 is 5.97 Å². The summed E-state index contributed by atoms with van der Waals surface area (Å²) in [6, 6.07) is 4.36. The predicted octanol–water partition coefficient (Wildman–Crippen LogP) is 3.19. The van der Waals surface area contributed by atoms with Crippen molar-refractivity contribution in [3.05, 3.63) is 39.8 Å². The molecule has 2 aromatic rings. The minimum atomic E-state index is -1.07. The number of anilines is 1. The molecule has 0 unspecified atom stereocenters. The normalized spacial score (nSPS) is 10.5. The Balaban J connectivity index is 2.34. The van der Waals surface area contributed by atoms with Gasteiger partial charge in [0.1, 0.15) is 10.6 Å². The second kappa shape index (κ2) is 6.57. The van der Waals surface area contributed by atoms with E-state index >= 15 is 0 Å². The number of nitrogens with zero attached hydrogens (tertiary/aromatic N) is 1. The molecule has 1 aromatic heterocycles. The Morgan fingerprint density at radius 2 is 2.09 bits per heavy atom. The number of nitrogens with one attached hydrogen (secondary N) is 1. The van der Waals surface area contributed by atoms with Crippen LogP contribution in [0.2, 0.25) is 0 Å². The SMILES string of the molecule is Cc1ncsc1C(=O)Nc1cc(C(=O)O)ccc1OC(C)C. The number of aryl methyl sites for hydroxylation is 1. The van der Waals surface area contributed by atoms with Gasteiger partial charge in [-0.3, -0.25) is 4.79 Å². The van der Waals surface area contributed by atoms with Crippen molar-refractivity contribution in [3.63, 3.8) is 0 Å². The molecule has 2 rings (SSSR count). The van der Waals surface area contributed by atoms with Gasteiger partial charge in [-0.15, -0.1) is 11.3 Å². The molecule has 7 heteroatoms. The molecule has 116 valence electrons. The number of aromatic nitrogens is 1. The fourth-order valence-electron chi connectivity index (χ4n) is 1.82. The van der Waals surface area contributed by atoms with Crippen LogP contribution in [0, 0.1) is 6.92 Å². The molecule has 2 N–H and O–H groups in total. The Bertz CT molecular complexity index is 709. The molecule has 0 aliphatic heterocycles. The van der Waals surface area contributed by atoms with Crippen LogP contribution in [-0.2, 0) is 0 Å². The van der Waals surface area contributed by atoms with Crippen LogP contribution in [-0.4, -0.2) is 28.1 Å². The van der Waals surface area contributed by atoms with Gasteiger partial charge >= 0.3 is 5.97 Å². The molecule has 22 heavy (non-hydrogen) atoms. The standard InChI is InChI=1S/C15H16N2O4S/c1-8(2)21-12-5-4-10(15(19)20)6-11(12)17-14(18)13-9(3)16-7-22-13/h4-8H,1-3H3,(H,17,18)(H,19,20). The number of carboxylic acids is 1. The van der Waals surface area contributed by atoms with Gasteiger partial charge in [-0.05, 0) is 39.0 Å². The first-order valence-electron chi connectivity index (χ1n) is 6.64. The van der Waals surface area contributed by atoms with Crippen molar-refractivity contribution in [1.29, 1.82) is 0 Å². The van der Waals surface area contributed by atoms with Gasteiger partial charge in [-0.25, -0.2) is 9.78 Å². The molecule has 0 saturated heterocycles. The summed E-state index contributed by atoms with van der Waals surface area (Å²) >= 11 is 1.23. The van der Waals surface area contributed by atoms with Crippen molar-refractivity contribution < 1.29 is 19.4 Å². The molecule has 0 bridgehead atoms. The van der Waals surface area contributed by atoms with E-state index in [2.05, 4.69) is 10.3 Å². The Morgan fingerprint density at radius 3 is 2.64 bits per heavy atom. The number of carbonyl (C=O) groups excluding carboxylic acids is 1. The van der Waals surface area contributed by atoms with Crippen LogP contribution in [0.15, 0.2) is 23.7 Å². The first-order valence-corrected chi connectivity index (χ1v) is 7.52. The van der Waals surface area contributed by atoms with Crippen LogP contribution in [0.5, 0.6) is 5.75 Å². The molecule has 0 radical (unpaired) electrons. The number of carbonyl (C=O) groups is 2. The van der Waals surface area contributed by atoms with Gasteiger partial charge in [0.15, 0.2) is 0 Å². The van der Waals surface area contributed by atoms with Gasteiger partial charge in [-0.2, -0.15) is 0 Å². The van der Waals surface area contributed by atoms with Crippen molar-refractivity contribution in [2.45, 2.75) is 26.9 Å². The highest BCUT2D eigenvalue weighted by Gasteiger charge is 2.16. The van der Waals surface area contributed by atoms with Crippen molar-refractivity contribution in [2.75, 3.05) is 5.32 Å². The van der Waals surface area contributed by atoms with Crippen LogP contribution >= 0.6 is 11.3 Å². The summed E-state index contributed by atoms with van der Waals surface area (Å²) in [5.74, 6) is -0.979. The van der Waals surface area contributed by atoms with Crippen molar-refractivity contribution >= 4 is 28.9 Å². The number of carboxylic acid groups (broad SMARTS) is 1. The Hall–Kier alpha value is -2.41. The third kappa shape index (κ3) is 3.62. The number of ether oxygens (including phenoxy) is 1. The van der Waals surface area contributed by atoms with E-state index in [-0.39, 0.29) is 17.6 Å². The zero-order valence-corrected chi connectivity index (χ0v) is 13.2. The number of benzene rings is 1. The van der Waals surface area contributed by atoms with Crippen molar-refractivity contribution in [3.8, 4) is 5.75 Å². The molecular formula is C15H16N2O4S. The summed E-state index contributed by atoms with van der Waals surface area (Å²) in [6.07, 6.45) is -0.100. The summed E-state index contributed by atoms with van der Waals surface area (Å²) in [4.78, 5) is 27.9. The predicted molar refractivity (Wildman–Crippen MR) is 84.0 cm³/mol. The third-order valence-corrected chi connectivity index (χ3v) is 3.72. The number of hydrogen-bond donors (Lipinski definition) is 2. The average Bonchev–Trinajstić information content (AvgIpc) is 2.86. The van der Waals surface area contributed by atoms with E-state index in [1.54, 1.807) is 18.5 Å². The van der Waals surface area contributed by atoms with Gasteiger partial charge in [0, 0.05) is 0 Å². The van der Waals surface area contributed by atoms with E-state index in [0.29, 0.717) is 22.0 Å². The molecule has 6 nitrogen and oxygen atoms in total. The van der Waals surface area contributed by atoms with Gasteiger partial charge in [0.25, 0.3) is 5.91 Å². The van der Waals surface area contributed by atoms with Gasteiger partial charge < -0.3 is 15.2 Å². The summed E-state index contributed by atoms with van der Waals surface area (Å²) in [5, 5.41) is 11.8. The van der Waals surface area contributed by atoms with Crippen LogP contribution < -0.4 is 10.1 Å². The first-order chi connectivity index (χ1) is 10.4. The summed E-state index contributed by atoms with van der Waals surface area (Å²) in [5.41, 5.74) is 2.62. The molecule has 0 aliphatic carbocycles. The van der Waals surface area contributed by atoms with E-state index in [0.717, 1.165) is 0 Å². The number of rotatable bonds is 5. The number of hydrogen-bond acceptors (Lipinski definition) is 5. The quantitative estimate of drug-likeness (QED) is 0.883. The fourth-order valence-corrected chi connectivity index (χ4v) is 2.51. The lowest BCUT2D eigenvalue weighted by molar-refractivity contribution is 0.0696. The fraction of sp³-hybridized carbons (Fsp3) is 0.267. The van der Waals surface area contributed by atoms with Crippen LogP contribution in [0.1, 0.15) is 39.6 Å². The minimum Gasteiger partial charge on any atom is -0.489 e. The first kappa shape index (κ1) is 16.0. The molecule has 1 heterocycles. The lowest BCUT2D eigenvalue weighted by atomic mass is 10.2. The van der Waals surface area contributed by atoms with E-state index in [9.17, 15) is 9.59 Å². The summed E-state index contributed by atoms with van der Waals surface area (Å²) in [7, 11) is 0. The molecule has 1 amide bonds. The second-order valence-electron chi connectivity index (χ2n) is 4.90. The number of amides is 1. The van der Waals surface area contributed by atoms with E-state index in [1.165, 1.54) is 23.5 Å². The Labute approximate surface area is 131 Å². The molecule has 1 aromatic carbocycles. The van der Waals surface area contributed by atoms with Gasteiger partial charge in [0.05, 0.1) is 28.6 Å². The van der Waals surface area contributed by atoms with Crippen LogP contribution in [0.4, 0.5) is 5.69 Å². The lowest BCUT2D eigenvalue weighted by Crippen LogP contribution is -2.15. The van der Waals surface area contributed by atoms with E-state index in [4.69, 9.17) is 9.84 Å². The Kier molecular flexibility index (Phi) is 4.77. The highest BCUT2D eigenvalue weighted by Crippen LogP contribution is 2.28. The molecule has 0 atom stereocenters. The lowest BCUT2D eigenvalue weighted by Gasteiger charge is -2.15. The maximum absolute atomic E-state index is 12.3. The molecule has 0 spiro atoms. The zero-order chi connectivity index (χ0) is 16.3. The number of thiazole rings is 1. The number of aromatic carboxylic acids is 1. The topological polar surface area (TPSA) is 88.5 Å². The smallest absolute Gasteiger partial charge is 0.335 e.